The van der Waals surface area contributed by atoms with E-state index in [1.165, 1.54) is 0 Å². The molecule has 0 atom stereocenters. The molecule has 6 nitrogen and oxygen atoms in total. The number of amides is 2. The quantitative estimate of drug-likeness (QED) is 0.678. The molecule has 0 saturated carbocycles. The van der Waals surface area contributed by atoms with E-state index < -0.39 is 11.7 Å². The van der Waals surface area contributed by atoms with Crippen LogP contribution in [0.1, 0.15) is 45.6 Å². The van der Waals surface area contributed by atoms with Crippen LogP contribution in [-0.2, 0) is 16.0 Å². The van der Waals surface area contributed by atoms with Gasteiger partial charge >= 0.3 is 6.09 Å². The van der Waals surface area contributed by atoms with Crippen LogP contribution in [0.4, 0.5) is 4.79 Å². The summed E-state index contributed by atoms with van der Waals surface area (Å²) in [6.45, 7) is 6.52. The highest BCUT2D eigenvalue weighted by atomic mass is 16.6. The zero-order chi connectivity index (χ0) is 18.0. The molecule has 2 amide bonds. The number of alkyl carbamates (subject to hydrolysis) is 1. The third-order valence-corrected chi connectivity index (χ3v) is 3.05. The predicted molar refractivity (Wildman–Crippen MR) is 92.9 cm³/mol. The Hall–Kier alpha value is -2.24. The van der Waals surface area contributed by atoms with E-state index >= 15 is 0 Å². The number of ether oxygens (including phenoxy) is 2. The summed E-state index contributed by atoms with van der Waals surface area (Å²) in [5.74, 6) is 0.460. The van der Waals surface area contributed by atoms with Gasteiger partial charge in [0.25, 0.3) is 0 Å². The molecule has 0 aliphatic rings. The second-order valence-electron chi connectivity index (χ2n) is 6.60. The number of aryl methyl sites for hydroxylation is 1. The molecule has 3 N–H and O–H groups in total. The third kappa shape index (κ3) is 9.71. The topological polar surface area (TPSA) is 90.7 Å². The largest absolute Gasteiger partial charge is 0.494 e. The lowest BCUT2D eigenvalue weighted by Gasteiger charge is -2.19. The molecule has 0 unspecified atom stereocenters. The number of rotatable bonds is 9. The zero-order valence-corrected chi connectivity index (χ0v) is 14.8. The maximum atomic E-state index is 11.5. The van der Waals surface area contributed by atoms with Crippen LogP contribution < -0.4 is 15.8 Å². The van der Waals surface area contributed by atoms with E-state index in [1.807, 2.05) is 45.0 Å². The third-order valence-electron chi connectivity index (χ3n) is 3.05. The Labute approximate surface area is 143 Å². The van der Waals surface area contributed by atoms with Gasteiger partial charge in [-0.25, -0.2) is 4.79 Å². The standard InChI is InChI=1S/C18H28N2O4/c1-18(2,3)24-17(22)20-11-5-8-14-7-4-9-15(13-14)23-12-6-10-16(19)21/h4,7,9,13H,5-6,8,10-12H2,1-3H3,(H2,19,21)(H,20,22). The lowest BCUT2D eigenvalue weighted by Crippen LogP contribution is -2.33. The minimum absolute atomic E-state index is 0.315. The summed E-state index contributed by atoms with van der Waals surface area (Å²) in [5, 5.41) is 2.74. The van der Waals surface area contributed by atoms with Crippen molar-refractivity contribution >= 4 is 12.0 Å². The lowest BCUT2D eigenvalue weighted by molar-refractivity contribution is -0.118. The molecule has 0 heterocycles. The summed E-state index contributed by atoms with van der Waals surface area (Å²) >= 11 is 0. The van der Waals surface area contributed by atoms with Gasteiger partial charge in [0.1, 0.15) is 11.4 Å². The van der Waals surface area contributed by atoms with Crippen LogP contribution >= 0.6 is 0 Å². The Morgan fingerprint density at radius 2 is 1.96 bits per heavy atom. The van der Waals surface area contributed by atoms with Gasteiger partial charge in [0.05, 0.1) is 6.61 Å². The number of nitrogens with one attached hydrogen (secondary N) is 1. The molecule has 0 bridgehead atoms. The Bertz CT molecular complexity index is 538. The Balaban J connectivity index is 2.27. The zero-order valence-electron chi connectivity index (χ0n) is 14.8. The molecule has 0 fully saturated rings. The molecule has 0 saturated heterocycles. The summed E-state index contributed by atoms with van der Waals surface area (Å²) in [5.41, 5.74) is 5.74. The predicted octanol–water partition coefficient (Wildman–Crippen LogP) is 2.79. The molecule has 6 heteroatoms. The first-order valence-electron chi connectivity index (χ1n) is 8.23. The minimum Gasteiger partial charge on any atom is -0.494 e. The van der Waals surface area contributed by atoms with Crippen molar-refractivity contribution in [1.82, 2.24) is 5.32 Å². The van der Waals surface area contributed by atoms with E-state index in [0.29, 0.717) is 26.0 Å². The molecule has 0 radical (unpaired) electrons. The molecular weight excluding hydrogens is 308 g/mol. The smallest absolute Gasteiger partial charge is 0.407 e. The minimum atomic E-state index is -0.482. The van der Waals surface area contributed by atoms with Gasteiger partial charge in [0.15, 0.2) is 0 Å². The highest BCUT2D eigenvalue weighted by Gasteiger charge is 2.15. The first kappa shape index (κ1) is 19.8. The van der Waals surface area contributed by atoms with Crippen molar-refractivity contribution in [1.29, 1.82) is 0 Å². The molecule has 1 aromatic rings. The van der Waals surface area contributed by atoms with E-state index in [4.69, 9.17) is 15.2 Å². The fourth-order valence-corrected chi connectivity index (χ4v) is 2.02. The van der Waals surface area contributed by atoms with Crippen LogP contribution in [0.5, 0.6) is 5.75 Å². The molecular formula is C18H28N2O4. The summed E-state index contributed by atoms with van der Waals surface area (Å²) < 4.78 is 10.8. The molecule has 0 aliphatic carbocycles. The fraction of sp³-hybridized carbons (Fsp3) is 0.556. The molecule has 1 aromatic carbocycles. The van der Waals surface area contributed by atoms with Crippen LogP contribution in [0.25, 0.3) is 0 Å². The van der Waals surface area contributed by atoms with E-state index in [-0.39, 0.29) is 5.91 Å². The van der Waals surface area contributed by atoms with E-state index in [0.717, 1.165) is 24.2 Å². The second-order valence-corrected chi connectivity index (χ2v) is 6.60. The molecule has 0 spiro atoms. The number of carbonyl (C=O) groups is 2. The van der Waals surface area contributed by atoms with Crippen molar-refractivity contribution < 1.29 is 19.1 Å². The number of nitrogens with two attached hydrogens (primary N) is 1. The van der Waals surface area contributed by atoms with Crippen LogP contribution in [0.15, 0.2) is 24.3 Å². The van der Waals surface area contributed by atoms with Crippen molar-refractivity contribution in [3.8, 4) is 5.75 Å². The Morgan fingerprint density at radius 1 is 1.21 bits per heavy atom. The van der Waals surface area contributed by atoms with Crippen LogP contribution in [0.3, 0.4) is 0 Å². The number of benzene rings is 1. The molecule has 1 rings (SSSR count). The van der Waals surface area contributed by atoms with Crippen molar-refractivity contribution in [2.45, 2.75) is 52.1 Å². The normalized spacial score (nSPS) is 11.0. The van der Waals surface area contributed by atoms with Gasteiger partial charge in [-0.2, -0.15) is 0 Å². The van der Waals surface area contributed by atoms with Crippen LogP contribution in [-0.4, -0.2) is 30.8 Å². The van der Waals surface area contributed by atoms with Crippen LogP contribution in [0.2, 0.25) is 0 Å². The first-order chi connectivity index (χ1) is 11.3. The number of hydrogen-bond acceptors (Lipinski definition) is 4. The van der Waals surface area contributed by atoms with Gasteiger partial charge in [0, 0.05) is 13.0 Å². The van der Waals surface area contributed by atoms with E-state index in [2.05, 4.69) is 5.32 Å². The van der Waals surface area contributed by atoms with Crippen molar-refractivity contribution in [3.63, 3.8) is 0 Å². The monoisotopic (exact) mass is 336 g/mol. The van der Waals surface area contributed by atoms with E-state index in [1.54, 1.807) is 0 Å². The molecule has 24 heavy (non-hydrogen) atoms. The SMILES string of the molecule is CC(C)(C)OC(=O)NCCCc1cccc(OCCCC(N)=O)c1. The molecule has 134 valence electrons. The van der Waals surface area contributed by atoms with Crippen molar-refractivity contribution in [2.75, 3.05) is 13.2 Å². The maximum absolute atomic E-state index is 11.5. The highest BCUT2D eigenvalue weighted by molar-refractivity contribution is 5.73. The maximum Gasteiger partial charge on any atom is 0.407 e. The van der Waals surface area contributed by atoms with Gasteiger partial charge in [-0.3, -0.25) is 4.79 Å². The summed E-state index contributed by atoms with van der Waals surface area (Å²) in [7, 11) is 0. The highest BCUT2D eigenvalue weighted by Crippen LogP contribution is 2.15. The van der Waals surface area contributed by atoms with Gasteiger partial charge in [-0.15, -0.1) is 0 Å². The number of hydrogen-bond donors (Lipinski definition) is 2. The Kier molecular flexibility index (Phi) is 8.09. The summed E-state index contributed by atoms with van der Waals surface area (Å²) in [4.78, 5) is 22.2. The summed E-state index contributed by atoms with van der Waals surface area (Å²) in [6, 6.07) is 7.80. The van der Waals surface area contributed by atoms with Gasteiger partial charge in [0.2, 0.25) is 5.91 Å². The Morgan fingerprint density at radius 3 is 2.62 bits per heavy atom. The van der Waals surface area contributed by atoms with Gasteiger partial charge in [-0.1, -0.05) is 12.1 Å². The van der Waals surface area contributed by atoms with Gasteiger partial charge < -0.3 is 20.5 Å². The van der Waals surface area contributed by atoms with Gasteiger partial charge in [-0.05, 0) is 57.7 Å². The lowest BCUT2D eigenvalue weighted by atomic mass is 10.1. The average Bonchev–Trinajstić information content (AvgIpc) is 2.47. The second kappa shape index (κ2) is 9.80. The molecule has 0 aliphatic heterocycles. The first-order valence-corrected chi connectivity index (χ1v) is 8.23. The fourth-order valence-electron chi connectivity index (χ4n) is 2.02. The van der Waals surface area contributed by atoms with E-state index in [9.17, 15) is 9.59 Å². The van der Waals surface area contributed by atoms with Crippen molar-refractivity contribution in [2.24, 2.45) is 5.73 Å². The average molecular weight is 336 g/mol. The van der Waals surface area contributed by atoms with Crippen LogP contribution in [0, 0.1) is 0 Å². The summed E-state index contributed by atoms with van der Waals surface area (Å²) in [6.07, 6.45) is 2.18. The molecule has 0 aromatic heterocycles. The number of primary amides is 1. The number of carbonyl (C=O) groups excluding carboxylic acids is 2. The van der Waals surface area contributed by atoms with Crippen molar-refractivity contribution in [3.05, 3.63) is 29.8 Å².